The molecule has 9 aromatic carbocycles. The molecule has 2 aliphatic heterocycles. The van der Waals surface area contributed by atoms with Crippen molar-refractivity contribution in [3.8, 4) is 22.3 Å². The number of anilines is 3. The lowest BCUT2D eigenvalue weighted by Crippen LogP contribution is -2.53. The van der Waals surface area contributed by atoms with E-state index in [1.165, 1.54) is 82.1 Å². The van der Waals surface area contributed by atoms with Crippen molar-refractivity contribution in [1.82, 2.24) is 0 Å². The number of hydrogen-bond acceptors (Lipinski definition) is 3. The summed E-state index contributed by atoms with van der Waals surface area (Å²) in [5.41, 5.74) is 18.4. The van der Waals surface area contributed by atoms with Crippen molar-refractivity contribution >= 4 is 106 Å². The van der Waals surface area contributed by atoms with Gasteiger partial charge in [0.15, 0.2) is 0 Å². The van der Waals surface area contributed by atoms with Crippen molar-refractivity contribution in [2.24, 2.45) is 0 Å². The van der Waals surface area contributed by atoms with E-state index in [0.29, 0.717) is 0 Å². The fraction of sp³-hybridized carbons (Fsp3) is 0.138. The topological polar surface area (TPSA) is 29.5 Å². The molecule has 4 heterocycles. The van der Waals surface area contributed by atoms with Gasteiger partial charge in [0.2, 0.25) is 6.71 Å². The third-order valence-corrected chi connectivity index (χ3v) is 13.9. The Labute approximate surface area is 361 Å². The molecule has 4 heteroatoms. The summed E-state index contributed by atoms with van der Waals surface area (Å²) in [5.74, 6) is 0. The monoisotopic (exact) mass is 797 g/mol. The van der Waals surface area contributed by atoms with Gasteiger partial charge in [0.25, 0.3) is 0 Å². The molecule has 13 rings (SSSR count). The van der Waals surface area contributed by atoms with Gasteiger partial charge in [0.1, 0.15) is 22.3 Å². The second-order valence-corrected chi connectivity index (χ2v) is 19.7. The second kappa shape index (κ2) is 12.3. The van der Waals surface area contributed by atoms with Crippen LogP contribution in [0.25, 0.3) is 87.7 Å². The highest BCUT2D eigenvalue weighted by molar-refractivity contribution is 7.01. The Balaban J connectivity index is 1.21. The average Bonchev–Trinajstić information content (AvgIpc) is 3.80. The van der Waals surface area contributed by atoms with E-state index in [-0.39, 0.29) is 17.5 Å². The summed E-state index contributed by atoms with van der Waals surface area (Å²) >= 11 is 0. The maximum Gasteiger partial charge on any atom is 0.244 e. The first kappa shape index (κ1) is 35.7. The standard InChI is InChI=1S/C58H44BNO2/c1-57(2,3)35-21-25-37(26-22-35)60(38-27-23-36(24-28-38)58(4,5)6)39-31-44-42-17-11-19-48-50(42)52-46(29-33-13-7-9-15-40(33)55(52)61-48)59-47-30-34-14-8-10-16-41(34)56-53(47)51-43(45(32-39)54(44)59)18-12-20-49(51)62-56/h7-32H,1-6H3. The van der Waals surface area contributed by atoms with Crippen LogP contribution >= 0.6 is 0 Å². The molecule has 0 aliphatic carbocycles. The van der Waals surface area contributed by atoms with Crippen LogP contribution in [-0.4, -0.2) is 6.71 Å². The molecule has 0 spiro atoms. The first-order chi connectivity index (χ1) is 30.0. The van der Waals surface area contributed by atoms with E-state index in [2.05, 4.69) is 204 Å². The smallest absolute Gasteiger partial charge is 0.244 e. The van der Waals surface area contributed by atoms with E-state index in [1.807, 2.05) is 0 Å². The van der Waals surface area contributed by atoms with Gasteiger partial charge >= 0.3 is 0 Å². The first-order valence-electron chi connectivity index (χ1n) is 21.9. The van der Waals surface area contributed by atoms with Gasteiger partial charge < -0.3 is 13.7 Å². The number of benzene rings is 9. The molecule has 0 saturated heterocycles. The predicted molar refractivity (Wildman–Crippen MR) is 264 cm³/mol. The lowest BCUT2D eigenvalue weighted by atomic mass is 9.35. The third kappa shape index (κ3) is 4.89. The highest BCUT2D eigenvalue weighted by Gasteiger charge is 2.40. The number of fused-ring (bicyclic) bond motifs is 8. The van der Waals surface area contributed by atoms with Crippen molar-refractivity contribution in [2.45, 2.75) is 52.4 Å². The van der Waals surface area contributed by atoms with Crippen molar-refractivity contribution in [2.75, 3.05) is 4.90 Å². The van der Waals surface area contributed by atoms with Crippen LogP contribution in [0.5, 0.6) is 0 Å². The van der Waals surface area contributed by atoms with Gasteiger partial charge in [-0.25, -0.2) is 0 Å². The minimum absolute atomic E-state index is 0.0298. The largest absolute Gasteiger partial charge is 0.455 e. The molecule has 3 nitrogen and oxygen atoms in total. The van der Waals surface area contributed by atoms with Crippen LogP contribution in [0.1, 0.15) is 52.7 Å². The van der Waals surface area contributed by atoms with Gasteiger partial charge in [-0.1, -0.05) is 167 Å². The van der Waals surface area contributed by atoms with Crippen LogP contribution in [0.4, 0.5) is 17.1 Å². The van der Waals surface area contributed by atoms with Gasteiger partial charge in [0, 0.05) is 49.4 Å². The van der Waals surface area contributed by atoms with Crippen molar-refractivity contribution in [3.05, 3.63) is 169 Å². The molecule has 11 aromatic rings. The molecule has 0 unspecified atom stereocenters. The summed E-state index contributed by atoms with van der Waals surface area (Å²) in [5, 5.41) is 9.37. The molecule has 2 aromatic heterocycles. The van der Waals surface area contributed by atoms with E-state index in [4.69, 9.17) is 8.83 Å². The molecular weight excluding hydrogens is 753 g/mol. The quantitative estimate of drug-likeness (QED) is 0.167. The Kier molecular flexibility index (Phi) is 7.08. The van der Waals surface area contributed by atoms with Crippen molar-refractivity contribution in [3.63, 3.8) is 0 Å². The molecule has 0 atom stereocenters. The van der Waals surface area contributed by atoms with Crippen molar-refractivity contribution < 1.29 is 8.83 Å². The summed E-state index contributed by atoms with van der Waals surface area (Å²) in [4.78, 5) is 2.46. The molecular formula is C58H44BNO2. The molecule has 0 saturated carbocycles. The summed E-state index contributed by atoms with van der Waals surface area (Å²) in [6.45, 7) is 13.6. The first-order valence-corrected chi connectivity index (χ1v) is 21.9. The van der Waals surface area contributed by atoms with E-state index in [9.17, 15) is 0 Å². The van der Waals surface area contributed by atoms with Crippen LogP contribution in [0.15, 0.2) is 167 Å². The van der Waals surface area contributed by atoms with Gasteiger partial charge in [-0.15, -0.1) is 0 Å². The van der Waals surface area contributed by atoms with Gasteiger partial charge in [-0.2, -0.15) is 0 Å². The van der Waals surface area contributed by atoms with Crippen LogP contribution in [0.3, 0.4) is 0 Å². The van der Waals surface area contributed by atoms with E-state index in [0.717, 1.165) is 50.2 Å². The summed E-state index contributed by atoms with van der Waals surface area (Å²) in [6, 6.07) is 59.0. The predicted octanol–water partition coefficient (Wildman–Crippen LogP) is 14.3. The summed E-state index contributed by atoms with van der Waals surface area (Å²) < 4.78 is 14.0. The fourth-order valence-electron chi connectivity index (χ4n) is 10.9. The number of nitrogens with zero attached hydrogens (tertiary/aromatic N) is 1. The van der Waals surface area contributed by atoms with Gasteiger partial charge in [-0.05, 0) is 104 Å². The lowest BCUT2D eigenvalue weighted by molar-refractivity contribution is 0.590. The maximum absolute atomic E-state index is 7.02. The number of hydrogen-bond donors (Lipinski definition) is 0. The van der Waals surface area contributed by atoms with Gasteiger partial charge in [-0.3, -0.25) is 0 Å². The summed E-state index contributed by atoms with van der Waals surface area (Å²) in [6.07, 6.45) is 0. The molecule has 2 aliphatic rings. The van der Waals surface area contributed by atoms with Crippen LogP contribution in [-0.2, 0) is 10.8 Å². The molecule has 0 radical (unpaired) electrons. The fourth-order valence-corrected chi connectivity index (χ4v) is 10.9. The Bertz CT molecular complexity index is 3470. The molecule has 0 bridgehead atoms. The van der Waals surface area contributed by atoms with Crippen molar-refractivity contribution in [1.29, 1.82) is 0 Å². The minimum atomic E-state index is -0.125. The number of furan rings is 2. The Morgan fingerprint density at radius 1 is 0.403 bits per heavy atom. The molecule has 296 valence electrons. The lowest BCUT2D eigenvalue weighted by Gasteiger charge is -2.30. The normalized spacial score (nSPS) is 13.3. The third-order valence-electron chi connectivity index (χ3n) is 13.9. The molecule has 0 fully saturated rings. The van der Waals surface area contributed by atoms with Crippen LogP contribution < -0.4 is 21.3 Å². The van der Waals surface area contributed by atoms with Crippen LogP contribution in [0.2, 0.25) is 0 Å². The zero-order chi connectivity index (χ0) is 41.8. The maximum atomic E-state index is 7.02. The molecule has 0 N–H and O–H groups in total. The Morgan fingerprint density at radius 3 is 1.27 bits per heavy atom. The average molecular weight is 798 g/mol. The van der Waals surface area contributed by atoms with E-state index < -0.39 is 0 Å². The van der Waals surface area contributed by atoms with Crippen LogP contribution in [0, 0.1) is 0 Å². The van der Waals surface area contributed by atoms with E-state index in [1.54, 1.807) is 0 Å². The number of rotatable bonds is 3. The zero-order valence-corrected chi connectivity index (χ0v) is 35.9. The zero-order valence-electron chi connectivity index (χ0n) is 35.9. The second-order valence-electron chi connectivity index (χ2n) is 19.7. The SMILES string of the molecule is CC(C)(C)c1ccc(N(c2ccc(C(C)(C)C)cc2)c2cc3c4c(c2)-c2cccc5oc6c7ccccc7cc(c6c25)B4c2cc4ccccc4c4oc5cccc-3c5c24)cc1. The highest BCUT2D eigenvalue weighted by atomic mass is 16.3. The Hall–Kier alpha value is -7.04. The minimum Gasteiger partial charge on any atom is -0.455 e. The van der Waals surface area contributed by atoms with E-state index >= 15 is 0 Å². The Morgan fingerprint density at radius 2 is 0.839 bits per heavy atom. The van der Waals surface area contributed by atoms with Gasteiger partial charge in [0.05, 0.1) is 0 Å². The molecule has 0 amide bonds. The highest BCUT2D eigenvalue weighted by Crippen LogP contribution is 2.48. The summed E-state index contributed by atoms with van der Waals surface area (Å²) in [7, 11) is 0. The molecule has 62 heavy (non-hydrogen) atoms.